The number of aliphatic hydroxyl groups is 5. The van der Waals surface area contributed by atoms with E-state index in [9.17, 15) is 30.0 Å². The van der Waals surface area contributed by atoms with Gasteiger partial charge in [-0.15, -0.1) is 0 Å². The van der Waals surface area contributed by atoms with Gasteiger partial charge in [-0.05, 0) is 50.5 Å². The van der Waals surface area contributed by atoms with E-state index in [1.807, 2.05) is 6.92 Å². The minimum absolute atomic E-state index is 0.0134. The van der Waals surface area contributed by atoms with Crippen molar-refractivity contribution in [3.05, 3.63) is 51.4 Å². The smallest absolute Gasteiger partial charge is 0.340 e. The molecule has 35 heavy (non-hydrogen) atoms. The van der Waals surface area contributed by atoms with Gasteiger partial charge in [0.25, 0.3) is 0 Å². The molecule has 0 fully saturated rings. The Balaban J connectivity index is 2.13. The summed E-state index contributed by atoms with van der Waals surface area (Å²) in [7, 11) is 1.48. The maximum atomic E-state index is 12.7. The van der Waals surface area contributed by atoms with Crippen LogP contribution in [0.3, 0.4) is 0 Å². The lowest BCUT2D eigenvalue weighted by atomic mass is 10.00. The highest BCUT2D eigenvalue weighted by Crippen LogP contribution is 2.29. The standard InChI is InChI=1S/C25H35NO9/c1-13(2)12-34-20-7-6-16-14(3)17(25(33)35-24(16)15(20)4)10-21(30)26(5)9-8-18(28)22(31)23(32)19(29)11-27/h6-7,18-19,22-23,27-29,31-32H,1,8-12H2,2-5H3/t18-,19+,22-,23+/m0/s1. The summed E-state index contributed by atoms with van der Waals surface area (Å²) in [6.45, 7) is 8.74. The van der Waals surface area contributed by atoms with Gasteiger partial charge in [-0.2, -0.15) is 0 Å². The molecule has 0 unspecified atom stereocenters. The van der Waals surface area contributed by atoms with Crippen molar-refractivity contribution in [3.63, 3.8) is 0 Å². The lowest BCUT2D eigenvalue weighted by molar-refractivity contribution is -0.131. The summed E-state index contributed by atoms with van der Waals surface area (Å²) in [6.07, 6.45) is -6.82. The van der Waals surface area contributed by atoms with E-state index in [0.717, 1.165) is 5.57 Å². The molecule has 10 nitrogen and oxygen atoms in total. The quantitative estimate of drug-likeness (QED) is 0.205. The molecule has 0 bridgehead atoms. The monoisotopic (exact) mass is 493 g/mol. The van der Waals surface area contributed by atoms with E-state index in [2.05, 4.69) is 6.58 Å². The fourth-order valence-electron chi connectivity index (χ4n) is 3.60. The van der Waals surface area contributed by atoms with Crippen LogP contribution < -0.4 is 10.4 Å². The third-order valence-electron chi connectivity index (χ3n) is 5.97. The number of carbonyl (C=O) groups is 1. The third-order valence-corrected chi connectivity index (χ3v) is 5.97. The summed E-state index contributed by atoms with van der Waals surface area (Å²) in [4.78, 5) is 26.8. The highest BCUT2D eigenvalue weighted by atomic mass is 16.5. The molecule has 4 atom stereocenters. The zero-order valence-electron chi connectivity index (χ0n) is 20.5. The van der Waals surface area contributed by atoms with Gasteiger partial charge in [0.2, 0.25) is 5.91 Å². The number of benzene rings is 1. The van der Waals surface area contributed by atoms with Gasteiger partial charge in [0.15, 0.2) is 0 Å². The summed E-state index contributed by atoms with van der Waals surface area (Å²) < 4.78 is 11.3. The molecule has 0 saturated heterocycles. The summed E-state index contributed by atoms with van der Waals surface area (Å²) in [5.41, 5.74) is 2.10. The van der Waals surface area contributed by atoms with E-state index < -0.39 is 42.6 Å². The average molecular weight is 494 g/mol. The molecule has 5 N–H and O–H groups in total. The van der Waals surface area contributed by atoms with E-state index >= 15 is 0 Å². The molecule has 10 heteroatoms. The number of fused-ring (bicyclic) bond motifs is 1. The minimum Gasteiger partial charge on any atom is -0.489 e. The second kappa shape index (κ2) is 12.3. The second-order valence-corrected chi connectivity index (χ2v) is 8.88. The first-order valence-electron chi connectivity index (χ1n) is 11.3. The summed E-state index contributed by atoms with van der Waals surface area (Å²) in [6, 6.07) is 3.55. The summed E-state index contributed by atoms with van der Waals surface area (Å²) in [5.74, 6) is 0.166. The SMILES string of the molecule is C=C(C)COc1ccc2c(C)c(CC(=O)N(C)CC[C@H](O)[C@H](O)[C@H](O)[C@H](O)CO)c(=O)oc2c1C. The second-order valence-electron chi connectivity index (χ2n) is 8.88. The van der Waals surface area contributed by atoms with Crippen LogP contribution in [-0.2, 0) is 11.2 Å². The van der Waals surface area contributed by atoms with Crippen LogP contribution in [0.1, 0.15) is 30.0 Å². The van der Waals surface area contributed by atoms with Crippen LogP contribution in [0.5, 0.6) is 5.75 Å². The molecule has 0 aliphatic rings. The third kappa shape index (κ3) is 6.89. The van der Waals surface area contributed by atoms with Crippen molar-refractivity contribution in [2.24, 2.45) is 0 Å². The predicted octanol–water partition coefficient (Wildman–Crippen LogP) is 0.192. The van der Waals surface area contributed by atoms with Crippen LogP contribution in [0.25, 0.3) is 11.0 Å². The number of hydrogen-bond acceptors (Lipinski definition) is 9. The first-order valence-corrected chi connectivity index (χ1v) is 11.3. The molecule has 1 aromatic heterocycles. The Hall–Kier alpha value is -2.76. The topological polar surface area (TPSA) is 161 Å². The molecule has 2 rings (SSSR count). The van der Waals surface area contributed by atoms with E-state index in [-0.39, 0.29) is 24.9 Å². The molecule has 2 aromatic rings. The lowest BCUT2D eigenvalue weighted by Gasteiger charge is -2.27. The molecule has 1 heterocycles. The van der Waals surface area contributed by atoms with Gasteiger partial charge in [-0.3, -0.25) is 4.79 Å². The first kappa shape index (κ1) is 28.5. The Morgan fingerprint density at radius 2 is 1.74 bits per heavy atom. The number of nitrogens with zero attached hydrogens (tertiary/aromatic N) is 1. The number of likely N-dealkylation sites (N-methyl/N-ethyl adjacent to an activating group) is 1. The van der Waals surface area contributed by atoms with Crippen molar-refractivity contribution in [2.75, 3.05) is 26.8 Å². The Kier molecular flexibility index (Phi) is 9.99. The van der Waals surface area contributed by atoms with Crippen molar-refractivity contribution < 1.29 is 39.5 Å². The van der Waals surface area contributed by atoms with Crippen molar-refractivity contribution in [1.29, 1.82) is 0 Å². The molecule has 0 aliphatic carbocycles. The maximum absolute atomic E-state index is 12.7. The molecule has 0 radical (unpaired) electrons. The highest BCUT2D eigenvalue weighted by Gasteiger charge is 2.30. The first-order chi connectivity index (χ1) is 16.4. The van der Waals surface area contributed by atoms with E-state index in [0.29, 0.717) is 34.5 Å². The molecule has 1 amide bonds. The van der Waals surface area contributed by atoms with Gasteiger partial charge in [0, 0.05) is 24.5 Å². The van der Waals surface area contributed by atoms with Crippen molar-refractivity contribution in [1.82, 2.24) is 4.90 Å². The van der Waals surface area contributed by atoms with Gasteiger partial charge in [-0.1, -0.05) is 6.58 Å². The summed E-state index contributed by atoms with van der Waals surface area (Å²) in [5, 5.41) is 48.6. The zero-order valence-corrected chi connectivity index (χ0v) is 20.5. The number of ether oxygens (including phenoxy) is 1. The molecule has 194 valence electrons. The lowest BCUT2D eigenvalue weighted by Crippen LogP contribution is -2.46. The molecule has 1 aromatic carbocycles. The van der Waals surface area contributed by atoms with Crippen molar-refractivity contribution in [2.45, 2.75) is 58.0 Å². The highest BCUT2D eigenvalue weighted by molar-refractivity contribution is 5.87. The molecule has 0 spiro atoms. The Morgan fingerprint density at radius 1 is 1.11 bits per heavy atom. The van der Waals surface area contributed by atoms with E-state index in [1.165, 1.54) is 11.9 Å². The van der Waals surface area contributed by atoms with Crippen LogP contribution in [0.15, 0.2) is 33.5 Å². The van der Waals surface area contributed by atoms with Gasteiger partial charge >= 0.3 is 5.63 Å². The van der Waals surface area contributed by atoms with Crippen LogP contribution in [-0.4, -0.2) is 87.6 Å². The molecular weight excluding hydrogens is 458 g/mol. The number of aliphatic hydroxyl groups excluding tert-OH is 5. The average Bonchev–Trinajstić information content (AvgIpc) is 2.82. The van der Waals surface area contributed by atoms with Crippen LogP contribution in [0, 0.1) is 13.8 Å². The van der Waals surface area contributed by atoms with Crippen LogP contribution >= 0.6 is 0 Å². The Morgan fingerprint density at radius 3 is 2.34 bits per heavy atom. The van der Waals surface area contributed by atoms with Crippen LogP contribution in [0.4, 0.5) is 0 Å². The molecule has 0 aliphatic heterocycles. The Bertz CT molecular complexity index is 1110. The summed E-state index contributed by atoms with van der Waals surface area (Å²) >= 11 is 0. The Labute approximate surface area is 203 Å². The number of aryl methyl sites for hydroxylation is 2. The van der Waals surface area contributed by atoms with Gasteiger partial charge in [-0.25, -0.2) is 4.79 Å². The van der Waals surface area contributed by atoms with Gasteiger partial charge in [0.05, 0.1) is 24.7 Å². The van der Waals surface area contributed by atoms with Crippen LogP contribution in [0.2, 0.25) is 0 Å². The van der Waals surface area contributed by atoms with E-state index in [1.54, 1.807) is 26.0 Å². The number of hydrogen-bond donors (Lipinski definition) is 5. The largest absolute Gasteiger partial charge is 0.489 e. The fraction of sp³-hybridized carbons (Fsp3) is 0.520. The maximum Gasteiger partial charge on any atom is 0.340 e. The van der Waals surface area contributed by atoms with Gasteiger partial charge in [0.1, 0.15) is 36.3 Å². The number of carbonyl (C=O) groups excluding carboxylic acids is 1. The number of amides is 1. The minimum atomic E-state index is -1.74. The number of rotatable bonds is 12. The van der Waals surface area contributed by atoms with Gasteiger partial charge < -0.3 is 39.6 Å². The van der Waals surface area contributed by atoms with E-state index in [4.69, 9.17) is 14.3 Å². The zero-order chi connectivity index (χ0) is 26.4. The fourth-order valence-corrected chi connectivity index (χ4v) is 3.60. The normalized spacial score (nSPS) is 14.9. The van der Waals surface area contributed by atoms with Crippen molar-refractivity contribution in [3.8, 4) is 5.75 Å². The van der Waals surface area contributed by atoms with Crippen molar-refractivity contribution >= 4 is 16.9 Å². The molecular formula is C25H35NO9. The predicted molar refractivity (Wildman–Crippen MR) is 129 cm³/mol. The molecule has 0 saturated carbocycles.